The van der Waals surface area contributed by atoms with E-state index in [-0.39, 0.29) is 5.91 Å². The molecule has 134 valence electrons. The van der Waals surface area contributed by atoms with Gasteiger partial charge >= 0.3 is 0 Å². The number of carbonyl (C=O) groups is 1. The van der Waals surface area contributed by atoms with Gasteiger partial charge in [0.15, 0.2) is 0 Å². The lowest BCUT2D eigenvalue weighted by Gasteiger charge is -2.12. The number of anilines is 1. The molecule has 0 bridgehead atoms. The SMILES string of the molecule is Cc1noc(C)c1CCCNC(=O)c1ccc(NC2CCCC2)nc1. The summed E-state index contributed by atoms with van der Waals surface area (Å²) in [6, 6.07) is 4.24. The standard InChI is InChI=1S/C19H26N4O2/c1-13-17(14(2)25-23-13)8-5-11-20-19(24)15-9-10-18(21-12-15)22-16-6-3-4-7-16/h9-10,12,16H,3-8,11H2,1-2H3,(H,20,24)(H,21,22). The van der Waals surface area contributed by atoms with Crippen LogP contribution in [0.3, 0.4) is 0 Å². The van der Waals surface area contributed by atoms with Crippen molar-refractivity contribution in [3.8, 4) is 0 Å². The lowest BCUT2D eigenvalue weighted by atomic mass is 10.1. The van der Waals surface area contributed by atoms with Crippen molar-refractivity contribution in [1.29, 1.82) is 0 Å². The van der Waals surface area contributed by atoms with Crippen LogP contribution in [0.5, 0.6) is 0 Å². The molecule has 0 aliphatic heterocycles. The van der Waals surface area contributed by atoms with Gasteiger partial charge in [0.2, 0.25) is 0 Å². The fourth-order valence-electron chi connectivity index (χ4n) is 3.32. The third-order valence-corrected chi connectivity index (χ3v) is 4.80. The summed E-state index contributed by atoms with van der Waals surface area (Å²) in [7, 11) is 0. The number of carbonyl (C=O) groups excluding carboxylic acids is 1. The van der Waals surface area contributed by atoms with Crippen molar-refractivity contribution in [3.63, 3.8) is 0 Å². The maximum atomic E-state index is 12.2. The second-order valence-corrected chi connectivity index (χ2v) is 6.72. The van der Waals surface area contributed by atoms with E-state index in [0.29, 0.717) is 18.2 Å². The molecule has 0 saturated heterocycles. The van der Waals surface area contributed by atoms with Crippen LogP contribution in [0.4, 0.5) is 5.82 Å². The summed E-state index contributed by atoms with van der Waals surface area (Å²) in [5.41, 5.74) is 2.66. The van der Waals surface area contributed by atoms with Gasteiger partial charge in [-0.1, -0.05) is 18.0 Å². The van der Waals surface area contributed by atoms with Crippen LogP contribution in [0.25, 0.3) is 0 Å². The van der Waals surface area contributed by atoms with Crippen LogP contribution in [-0.4, -0.2) is 28.6 Å². The Labute approximate surface area is 148 Å². The molecule has 25 heavy (non-hydrogen) atoms. The highest BCUT2D eigenvalue weighted by Crippen LogP contribution is 2.21. The molecular formula is C19H26N4O2. The van der Waals surface area contributed by atoms with Crippen LogP contribution in [0.15, 0.2) is 22.9 Å². The van der Waals surface area contributed by atoms with Crippen molar-refractivity contribution in [3.05, 3.63) is 40.9 Å². The van der Waals surface area contributed by atoms with E-state index in [4.69, 9.17) is 4.52 Å². The summed E-state index contributed by atoms with van der Waals surface area (Å²) >= 11 is 0. The predicted molar refractivity (Wildman–Crippen MR) is 96.7 cm³/mol. The molecule has 2 aromatic heterocycles. The average molecular weight is 342 g/mol. The Morgan fingerprint density at radius 1 is 1.28 bits per heavy atom. The number of hydrogen-bond donors (Lipinski definition) is 2. The second-order valence-electron chi connectivity index (χ2n) is 6.72. The Kier molecular flexibility index (Phi) is 5.68. The van der Waals surface area contributed by atoms with Crippen LogP contribution >= 0.6 is 0 Å². The van der Waals surface area contributed by atoms with Crippen molar-refractivity contribution >= 4 is 11.7 Å². The van der Waals surface area contributed by atoms with Gasteiger partial charge in [-0.05, 0) is 51.7 Å². The zero-order chi connectivity index (χ0) is 17.6. The molecule has 2 N–H and O–H groups in total. The first-order valence-electron chi connectivity index (χ1n) is 9.06. The fraction of sp³-hybridized carbons (Fsp3) is 0.526. The third kappa shape index (κ3) is 4.59. The van der Waals surface area contributed by atoms with E-state index in [1.54, 1.807) is 6.20 Å². The van der Waals surface area contributed by atoms with Gasteiger partial charge in [-0.3, -0.25) is 4.79 Å². The normalized spacial score (nSPS) is 14.6. The topological polar surface area (TPSA) is 80.0 Å². The van der Waals surface area contributed by atoms with Crippen LogP contribution in [-0.2, 0) is 6.42 Å². The van der Waals surface area contributed by atoms with Crippen LogP contribution in [0, 0.1) is 13.8 Å². The summed E-state index contributed by atoms with van der Waals surface area (Å²) in [5.74, 6) is 1.62. The highest BCUT2D eigenvalue weighted by atomic mass is 16.5. The number of aromatic nitrogens is 2. The minimum atomic E-state index is -0.0846. The van der Waals surface area contributed by atoms with Crippen molar-refractivity contribution in [2.24, 2.45) is 0 Å². The number of aryl methyl sites for hydroxylation is 2. The second kappa shape index (κ2) is 8.14. The van der Waals surface area contributed by atoms with E-state index >= 15 is 0 Å². The highest BCUT2D eigenvalue weighted by molar-refractivity contribution is 5.94. The molecule has 0 spiro atoms. The molecule has 1 amide bonds. The zero-order valence-corrected chi connectivity index (χ0v) is 15.0. The Bertz CT molecular complexity index is 683. The molecule has 6 heteroatoms. The third-order valence-electron chi connectivity index (χ3n) is 4.80. The van der Waals surface area contributed by atoms with Gasteiger partial charge < -0.3 is 15.2 Å². The molecule has 0 radical (unpaired) electrons. The summed E-state index contributed by atoms with van der Waals surface area (Å²) in [6.45, 7) is 4.48. The Balaban J connectivity index is 1.43. The van der Waals surface area contributed by atoms with Gasteiger partial charge in [0.25, 0.3) is 5.91 Å². The molecule has 0 unspecified atom stereocenters. The maximum absolute atomic E-state index is 12.2. The number of hydrogen-bond acceptors (Lipinski definition) is 5. The molecule has 2 heterocycles. The molecule has 3 rings (SSSR count). The molecular weight excluding hydrogens is 316 g/mol. The Morgan fingerprint density at radius 2 is 2.08 bits per heavy atom. The zero-order valence-electron chi connectivity index (χ0n) is 15.0. The van der Waals surface area contributed by atoms with Crippen molar-refractivity contribution in [2.75, 3.05) is 11.9 Å². The number of nitrogens with one attached hydrogen (secondary N) is 2. The fourth-order valence-corrected chi connectivity index (χ4v) is 3.32. The molecule has 1 saturated carbocycles. The molecule has 6 nitrogen and oxygen atoms in total. The largest absolute Gasteiger partial charge is 0.367 e. The number of pyridine rings is 1. The molecule has 1 fully saturated rings. The first-order valence-corrected chi connectivity index (χ1v) is 9.06. The van der Waals surface area contributed by atoms with Gasteiger partial charge in [-0.25, -0.2) is 4.98 Å². The first-order chi connectivity index (χ1) is 12.1. The first kappa shape index (κ1) is 17.5. The molecule has 1 aliphatic carbocycles. The summed E-state index contributed by atoms with van der Waals surface area (Å²) < 4.78 is 5.15. The van der Waals surface area contributed by atoms with E-state index in [1.807, 2.05) is 26.0 Å². The molecule has 1 aliphatic rings. The quantitative estimate of drug-likeness (QED) is 0.754. The van der Waals surface area contributed by atoms with Crippen LogP contribution in [0.1, 0.15) is 59.5 Å². The summed E-state index contributed by atoms with van der Waals surface area (Å²) in [4.78, 5) is 16.6. The van der Waals surface area contributed by atoms with Gasteiger partial charge in [0.1, 0.15) is 11.6 Å². The van der Waals surface area contributed by atoms with Crippen molar-refractivity contribution in [2.45, 2.75) is 58.4 Å². The van der Waals surface area contributed by atoms with E-state index in [9.17, 15) is 4.79 Å². The lowest BCUT2D eigenvalue weighted by Crippen LogP contribution is -2.25. The van der Waals surface area contributed by atoms with Crippen LogP contribution in [0.2, 0.25) is 0 Å². The van der Waals surface area contributed by atoms with Crippen LogP contribution < -0.4 is 10.6 Å². The summed E-state index contributed by atoms with van der Waals surface area (Å²) in [6.07, 6.45) is 8.32. The highest BCUT2D eigenvalue weighted by Gasteiger charge is 2.15. The van der Waals surface area contributed by atoms with Crippen molar-refractivity contribution < 1.29 is 9.32 Å². The average Bonchev–Trinajstić information content (AvgIpc) is 3.23. The molecule has 0 aromatic carbocycles. The minimum absolute atomic E-state index is 0.0846. The van der Waals surface area contributed by atoms with E-state index in [0.717, 1.165) is 35.7 Å². The van der Waals surface area contributed by atoms with Crippen molar-refractivity contribution in [1.82, 2.24) is 15.5 Å². The number of rotatable bonds is 7. The van der Waals surface area contributed by atoms with Gasteiger partial charge in [0.05, 0.1) is 11.3 Å². The van der Waals surface area contributed by atoms with E-state index < -0.39 is 0 Å². The Morgan fingerprint density at radius 3 is 2.72 bits per heavy atom. The van der Waals surface area contributed by atoms with E-state index in [2.05, 4.69) is 20.8 Å². The Hall–Kier alpha value is -2.37. The lowest BCUT2D eigenvalue weighted by molar-refractivity contribution is 0.0953. The van der Waals surface area contributed by atoms with E-state index in [1.165, 1.54) is 25.7 Å². The molecule has 0 atom stereocenters. The monoisotopic (exact) mass is 342 g/mol. The van der Waals surface area contributed by atoms with Gasteiger partial charge in [-0.2, -0.15) is 0 Å². The predicted octanol–water partition coefficient (Wildman–Crippen LogP) is 3.40. The van der Waals surface area contributed by atoms with Gasteiger partial charge in [0, 0.05) is 24.3 Å². The summed E-state index contributed by atoms with van der Waals surface area (Å²) in [5, 5.41) is 10.3. The minimum Gasteiger partial charge on any atom is -0.367 e. The number of amides is 1. The molecule has 2 aromatic rings. The number of nitrogens with zero attached hydrogens (tertiary/aromatic N) is 2. The smallest absolute Gasteiger partial charge is 0.252 e. The van der Waals surface area contributed by atoms with Gasteiger partial charge in [-0.15, -0.1) is 0 Å². The maximum Gasteiger partial charge on any atom is 0.252 e.